The average molecular weight is 1050 g/mol. The Morgan fingerprint density at radius 3 is 1.66 bits per heavy atom. The second-order valence-corrected chi connectivity index (χ2v) is 32.2. The fourth-order valence-electron chi connectivity index (χ4n) is 11.2. The van der Waals surface area contributed by atoms with Crippen LogP contribution in [-0.4, -0.2) is 32.3 Å². The lowest BCUT2D eigenvalue weighted by molar-refractivity contribution is 0.446. The van der Waals surface area contributed by atoms with E-state index in [9.17, 15) is 5.11 Å². The standard InChI is InChI=1S/C73H76N4OSi/c1-70(2,3)51-32-37-64(58(41-51)48-22-17-16-18-23-48)77-65-27-21-25-56(67(65)75-69(77)59-42-53(72(7,8)9)43-61(68(59)78)73(10,11)12)49-38-50(40-52(39-49)71(4,5)6)62-44-66-60(45-74-62)57-24-19-20-26-63(57)76(66)54-33-28-46(29-34-54)47-30-35-55(36-31-47)79(13,14)15/h16-45,78H,1-15H3. The van der Waals surface area contributed by atoms with Crippen LogP contribution < -0.4 is 5.19 Å². The molecule has 0 aliphatic rings. The van der Waals surface area contributed by atoms with Crippen molar-refractivity contribution in [3.8, 4) is 73.2 Å². The minimum Gasteiger partial charge on any atom is -0.507 e. The fourth-order valence-corrected chi connectivity index (χ4v) is 12.4. The lowest BCUT2D eigenvalue weighted by atomic mass is 9.79. The van der Waals surface area contributed by atoms with Gasteiger partial charge < -0.3 is 9.67 Å². The van der Waals surface area contributed by atoms with E-state index in [0.717, 1.165) is 83.5 Å². The molecule has 1 N–H and O–H groups in total. The Hall–Kier alpha value is -7.80. The number of phenolic OH excluding ortho intramolecular Hbond substituents is 1. The number of hydrogen-bond donors (Lipinski definition) is 1. The average Bonchev–Trinajstić information content (AvgIpc) is 4.20. The number of imidazole rings is 1. The normalized spacial score (nSPS) is 12.8. The van der Waals surface area contributed by atoms with Gasteiger partial charge in [0.15, 0.2) is 0 Å². The maximum Gasteiger partial charge on any atom is 0.149 e. The molecular weight excluding hydrogens is 977 g/mol. The van der Waals surface area contributed by atoms with Gasteiger partial charge in [0.1, 0.15) is 11.6 Å². The smallest absolute Gasteiger partial charge is 0.149 e. The Morgan fingerprint density at radius 1 is 0.418 bits per heavy atom. The van der Waals surface area contributed by atoms with E-state index in [-0.39, 0.29) is 27.4 Å². The molecule has 3 aromatic heterocycles. The van der Waals surface area contributed by atoms with Crippen molar-refractivity contribution in [2.45, 2.75) is 124 Å². The molecule has 0 radical (unpaired) electrons. The molecule has 3 heterocycles. The summed E-state index contributed by atoms with van der Waals surface area (Å²) in [7, 11) is -1.41. The largest absolute Gasteiger partial charge is 0.507 e. The molecule has 0 aliphatic heterocycles. The summed E-state index contributed by atoms with van der Waals surface area (Å²) in [5.41, 5.74) is 19.1. The van der Waals surface area contributed by atoms with Gasteiger partial charge in [-0.15, -0.1) is 0 Å². The molecule has 11 aromatic rings. The number of aromatic nitrogens is 4. The molecule has 6 heteroatoms. The van der Waals surface area contributed by atoms with Crippen molar-refractivity contribution in [2.24, 2.45) is 0 Å². The maximum atomic E-state index is 12.7. The maximum absolute atomic E-state index is 12.7. The van der Waals surface area contributed by atoms with Crippen LogP contribution in [0.15, 0.2) is 182 Å². The van der Waals surface area contributed by atoms with Gasteiger partial charge in [-0.25, -0.2) is 4.98 Å². The van der Waals surface area contributed by atoms with Gasteiger partial charge in [-0.2, -0.15) is 0 Å². The van der Waals surface area contributed by atoms with Crippen molar-refractivity contribution in [1.29, 1.82) is 0 Å². The van der Waals surface area contributed by atoms with Crippen molar-refractivity contribution in [2.75, 3.05) is 0 Å². The summed E-state index contributed by atoms with van der Waals surface area (Å²) in [5.74, 6) is 0.947. The van der Waals surface area contributed by atoms with Crippen molar-refractivity contribution < 1.29 is 5.11 Å². The first kappa shape index (κ1) is 53.2. The zero-order valence-electron chi connectivity index (χ0n) is 49.1. The van der Waals surface area contributed by atoms with E-state index in [0.29, 0.717) is 11.4 Å². The van der Waals surface area contributed by atoms with E-state index < -0.39 is 8.07 Å². The molecule has 79 heavy (non-hydrogen) atoms. The molecular formula is C73H76N4OSi. The van der Waals surface area contributed by atoms with Crippen LogP contribution in [0.4, 0.5) is 0 Å². The molecule has 0 atom stereocenters. The molecule has 0 spiro atoms. The molecule has 0 aliphatic carbocycles. The number of para-hydroxylation sites is 2. The third-order valence-corrected chi connectivity index (χ3v) is 18.1. The zero-order chi connectivity index (χ0) is 56.1. The topological polar surface area (TPSA) is 55.9 Å². The summed E-state index contributed by atoms with van der Waals surface area (Å²) in [6.45, 7) is 34.1. The van der Waals surface area contributed by atoms with Gasteiger partial charge in [-0.1, -0.05) is 223 Å². The van der Waals surface area contributed by atoms with Gasteiger partial charge in [0.25, 0.3) is 0 Å². The highest BCUT2D eigenvalue weighted by Gasteiger charge is 2.30. The van der Waals surface area contributed by atoms with Gasteiger partial charge in [-0.05, 0) is 121 Å². The molecule has 398 valence electrons. The van der Waals surface area contributed by atoms with Crippen molar-refractivity contribution >= 4 is 46.1 Å². The summed E-state index contributed by atoms with van der Waals surface area (Å²) >= 11 is 0. The number of phenols is 1. The van der Waals surface area contributed by atoms with Crippen LogP contribution >= 0.6 is 0 Å². The van der Waals surface area contributed by atoms with Crippen LogP contribution in [0.1, 0.15) is 105 Å². The highest BCUT2D eigenvalue weighted by atomic mass is 28.3. The lowest BCUT2D eigenvalue weighted by Gasteiger charge is -2.28. The molecule has 0 amide bonds. The van der Waals surface area contributed by atoms with E-state index in [1.165, 1.54) is 32.8 Å². The summed E-state index contributed by atoms with van der Waals surface area (Å²) < 4.78 is 4.70. The number of fused-ring (bicyclic) bond motifs is 4. The van der Waals surface area contributed by atoms with E-state index in [4.69, 9.17) is 9.97 Å². The molecule has 0 saturated heterocycles. The van der Waals surface area contributed by atoms with Gasteiger partial charge in [0.05, 0.1) is 47.1 Å². The first-order valence-electron chi connectivity index (χ1n) is 28.1. The predicted molar refractivity (Wildman–Crippen MR) is 340 cm³/mol. The van der Waals surface area contributed by atoms with Crippen LogP contribution in [-0.2, 0) is 21.7 Å². The first-order chi connectivity index (χ1) is 37.2. The SMILES string of the molecule is CC(C)(C)c1cc(-c2cc3c(cn2)c2ccccc2n3-c2ccc(-c3ccc([Si](C)(C)C)cc3)cc2)cc(-c2cccc3c2nc(-c2cc(C(C)(C)C)cc(C(C)(C)C)c2O)n3-c2ccc(C(C)(C)C)cc2-c2ccccc2)c1. The zero-order valence-corrected chi connectivity index (χ0v) is 50.1. The van der Waals surface area contributed by atoms with Crippen LogP contribution in [0.3, 0.4) is 0 Å². The van der Waals surface area contributed by atoms with Gasteiger partial charge in [0, 0.05) is 44.9 Å². The van der Waals surface area contributed by atoms with Crippen molar-refractivity contribution in [1.82, 2.24) is 19.1 Å². The number of nitrogens with zero attached hydrogens (tertiary/aromatic N) is 4. The Morgan fingerprint density at radius 2 is 1.01 bits per heavy atom. The van der Waals surface area contributed by atoms with Crippen molar-refractivity contribution in [3.63, 3.8) is 0 Å². The molecule has 0 bridgehead atoms. The summed E-state index contributed by atoms with van der Waals surface area (Å²) in [6, 6.07) is 64.6. The van der Waals surface area contributed by atoms with Crippen LogP contribution in [0, 0.1) is 0 Å². The van der Waals surface area contributed by atoms with Crippen LogP contribution in [0.25, 0.3) is 100 Å². The lowest BCUT2D eigenvalue weighted by Crippen LogP contribution is -2.37. The predicted octanol–water partition coefficient (Wildman–Crippen LogP) is 19.3. The number of benzene rings is 8. The van der Waals surface area contributed by atoms with Gasteiger partial charge in [-0.3, -0.25) is 9.55 Å². The third-order valence-electron chi connectivity index (χ3n) is 16.1. The van der Waals surface area contributed by atoms with E-state index >= 15 is 0 Å². The van der Waals surface area contributed by atoms with E-state index in [1.807, 2.05) is 0 Å². The Labute approximate surface area is 469 Å². The fraction of sp³-hybridized carbons (Fsp3) is 0.260. The van der Waals surface area contributed by atoms with Crippen LogP contribution in [0.5, 0.6) is 5.75 Å². The Balaban J connectivity index is 1.13. The minimum atomic E-state index is -1.41. The van der Waals surface area contributed by atoms with E-state index in [2.05, 4.69) is 294 Å². The van der Waals surface area contributed by atoms with Gasteiger partial charge >= 0.3 is 0 Å². The molecule has 0 unspecified atom stereocenters. The first-order valence-corrected chi connectivity index (χ1v) is 31.6. The van der Waals surface area contributed by atoms with E-state index in [1.54, 1.807) is 0 Å². The molecule has 0 saturated carbocycles. The minimum absolute atomic E-state index is 0.0893. The second-order valence-electron chi connectivity index (χ2n) is 27.1. The molecule has 11 rings (SSSR count). The summed E-state index contributed by atoms with van der Waals surface area (Å²) in [4.78, 5) is 11.1. The summed E-state index contributed by atoms with van der Waals surface area (Å²) in [6.07, 6.45) is 2.06. The number of pyridine rings is 1. The highest BCUT2D eigenvalue weighted by molar-refractivity contribution is 6.88. The Bertz CT molecular complexity index is 4120. The molecule has 5 nitrogen and oxygen atoms in total. The highest BCUT2D eigenvalue weighted by Crippen LogP contribution is 2.47. The Kier molecular flexibility index (Phi) is 13.0. The quantitative estimate of drug-likeness (QED) is 0.154. The third kappa shape index (κ3) is 9.94. The van der Waals surface area contributed by atoms with Gasteiger partial charge in [0.2, 0.25) is 0 Å². The second kappa shape index (κ2) is 19.2. The number of rotatable bonds is 8. The summed E-state index contributed by atoms with van der Waals surface area (Å²) in [5, 5.41) is 16.5. The number of aromatic hydroxyl groups is 1. The monoisotopic (exact) mass is 1050 g/mol. The molecule has 0 fully saturated rings. The molecule has 8 aromatic carbocycles. The number of hydrogen-bond acceptors (Lipinski definition) is 3. The van der Waals surface area contributed by atoms with Crippen molar-refractivity contribution in [3.05, 3.63) is 204 Å². The van der Waals surface area contributed by atoms with Crippen LogP contribution in [0.2, 0.25) is 19.6 Å².